The second-order valence-electron chi connectivity index (χ2n) is 6.08. The van der Waals surface area contributed by atoms with Crippen LogP contribution in [0.4, 0.5) is 0 Å². The lowest BCUT2D eigenvalue weighted by molar-refractivity contribution is 0.245. The van der Waals surface area contributed by atoms with Gasteiger partial charge in [0.1, 0.15) is 5.82 Å². The molecule has 0 spiro atoms. The number of rotatable bonds is 6. The van der Waals surface area contributed by atoms with E-state index in [4.69, 9.17) is 4.98 Å². The number of benzene rings is 2. The fourth-order valence-electron chi connectivity index (χ4n) is 2.84. The number of hydrogen-bond donors (Lipinski definition) is 0. The summed E-state index contributed by atoms with van der Waals surface area (Å²) in [6.45, 7) is 9.43. The Hall–Kier alpha value is -2.39. The number of fused-ring (bicyclic) bond motifs is 1. The Kier molecular flexibility index (Phi) is 5.11. The van der Waals surface area contributed by atoms with Crippen molar-refractivity contribution in [3.8, 4) is 0 Å². The molecular formula is C21H25N3. The predicted molar refractivity (Wildman–Crippen MR) is 103 cm³/mol. The van der Waals surface area contributed by atoms with Gasteiger partial charge in [-0.15, -0.1) is 0 Å². The average Bonchev–Trinajstić information content (AvgIpc) is 2.96. The van der Waals surface area contributed by atoms with Crippen LogP contribution in [-0.2, 0) is 6.67 Å². The minimum absolute atomic E-state index is 0.862. The fraction of sp³-hybridized carbons (Fsp3) is 0.286. The summed E-state index contributed by atoms with van der Waals surface area (Å²) in [6.07, 6.45) is 4.26. The second kappa shape index (κ2) is 7.45. The second-order valence-corrected chi connectivity index (χ2v) is 6.08. The molecule has 2 aromatic carbocycles. The molecule has 3 aromatic rings. The molecule has 0 amide bonds. The Balaban J connectivity index is 1.98. The third-order valence-electron chi connectivity index (χ3n) is 4.42. The summed E-state index contributed by atoms with van der Waals surface area (Å²) >= 11 is 0. The van der Waals surface area contributed by atoms with Gasteiger partial charge in [-0.25, -0.2) is 4.98 Å². The molecule has 0 N–H and O–H groups in total. The average molecular weight is 319 g/mol. The molecule has 0 bridgehead atoms. The number of para-hydroxylation sites is 2. The van der Waals surface area contributed by atoms with E-state index < -0.39 is 0 Å². The Morgan fingerprint density at radius 2 is 1.67 bits per heavy atom. The van der Waals surface area contributed by atoms with E-state index >= 15 is 0 Å². The largest absolute Gasteiger partial charge is 0.311 e. The van der Waals surface area contributed by atoms with Crippen molar-refractivity contribution in [3.63, 3.8) is 0 Å². The molecule has 0 saturated carbocycles. The number of aryl methyl sites for hydroxylation is 1. The van der Waals surface area contributed by atoms with Gasteiger partial charge in [0.25, 0.3) is 0 Å². The van der Waals surface area contributed by atoms with Gasteiger partial charge < -0.3 is 4.57 Å². The summed E-state index contributed by atoms with van der Waals surface area (Å²) < 4.78 is 2.30. The van der Waals surface area contributed by atoms with Crippen molar-refractivity contribution in [2.75, 3.05) is 13.1 Å². The van der Waals surface area contributed by atoms with Gasteiger partial charge in [-0.05, 0) is 43.8 Å². The fourth-order valence-corrected chi connectivity index (χ4v) is 2.84. The Bertz CT molecular complexity index is 824. The van der Waals surface area contributed by atoms with E-state index in [1.807, 2.05) is 6.07 Å². The molecule has 3 heteroatoms. The topological polar surface area (TPSA) is 21.1 Å². The normalized spacial score (nSPS) is 11.8. The van der Waals surface area contributed by atoms with Crippen LogP contribution in [0.5, 0.6) is 0 Å². The molecule has 0 radical (unpaired) electrons. The molecule has 0 aliphatic carbocycles. The molecule has 0 atom stereocenters. The minimum atomic E-state index is 0.862. The molecule has 1 aromatic heterocycles. The molecule has 3 rings (SSSR count). The van der Waals surface area contributed by atoms with Crippen LogP contribution >= 0.6 is 0 Å². The quantitative estimate of drug-likeness (QED) is 0.650. The van der Waals surface area contributed by atoms with Crippen LogP contribution < -0.4 is 0 Å². The zero-order valence-electron chi connectivity index (χ0n) is 14.7. The number of nitrogens with zero attached hydrogens (tertiary/aromatic N) is 3. The van der Waals surface area contributed by atoms with Gasteiger partial charge in [-0.3, -0.25) is 4.90 Å². The van der Waals surface area contributed by atoms with Crippen molar-refractivity contribution < 1.29 is 0 Å². The summed E-state index contributed by atoms with van der Waals surface area (Å²) in [5, 5.41) is 0. The van der Waals surface area contributed by atoms with Crippen LogP contribution in [0.3, 0.4) is 0 Å². The Labute approximate surface area is 144 Å². The van der Waals surface area contributed by atoms with E-state index in [1.54, 1.807) is 0 Å². The third kappa shape index (κ3) is 3.57. The van der Waals surface area contributed by atoms with E-state index in [9.17, 15) is 0 Å². The van der Waals surface area contributed by atoms with Gasteiger partial charge in [0, 0.05) is 0 Å². The molecule has 124 valence electrons. The molecule has 3 nitrogen and oxygen atoms in total. The van der Waals surface area contributed by atoms with Crippen molar-refractivity contribution in [2.24, 2.45) is 0 Å². The van der Waals surface area contributed by atoms with Crippen LogP contribution in [0.15, 0.2) is 48.5 Å². The maximum absolute atomic E-state index is 4.82. The van der Waals surface area contributed by atoms with Gasteiger partial charge >= 0.3 is 0 Å². The summed E-state index contributed by atoms with van der Waals surface area (Å²) in [5.74, 6) is 1.00. The predicted octanol–water partition coefficient (Wildman–Crippen LogP) is 4.81. The highest BCUT2D eigenvalue weighted by Gasteiger charge is 2.10. The van der Waals surface area contributed by atoms with Crippen molar-refractivity contribution in [3.05, 3.63) is 65.5 Å². The molecule has 24 heavy (non-hydrogen) atoms. The van der Waals surface area contributed by atoms with Crippen molar-refractivity contribution in [2.45, 2.75) is 27.4 Å². The highest BCUT2D eigenvalue weighted by atomic mass is 15.3. The van der Waals surface area contributed by atoms with Crippen molar-refractivity contribution >= 4 is 23.2 Å². The number of imidazole rings is 1. The lowest BCUT2D eigenvalue weighted by Gasteiger charge is -2.20. The first kappa shape index (κ1) is 16.5. The first-order chi connectivity index (χ1) is 11.7. The Morgan fingerprint density at radius 3 is 2.38 bits per heavy atom. The van der Waals surface area contributed by atoms with Gasteiger partial charge in [0.2, 0.25) is 0 Å². The van der Waals surface area contributed by atoms with Gasteiger partial charge in [0.05, 0.1) is 17.7 Å². The molecule has 0 aliphatic rings. The van der Waals surface area contributed by atoms with E-state index in [2.05, 4.69) is 84.9 Å². The molecular weight excluding hydrogens is 294 g/mol. The first-order valence-electron chi connectivity index (χ1n) is 8.63. The summed E-state index contributed by atoms with van der Waals surface area (Å²) in [6, 6.07) is 16.9. The van der Waals surface area contributed by atoms with E-state index in [1.165, 1.54) is 16.6 Å². The molecule has 0 saturated heterocycles. The smallest absolute Gasteiger partial charge is 0.134 e. The van der Waals surface area contributed by atoms with Gasteiger partial charge in [0.15, 0.2) is 0 Å². The first-order valence-corrected chi connectivity index (χ1v) is 8.63. The zero-order chi connectivity index (χ0) is 16.9. The zero-order valence-corrected chi connectivity index (χ0v) is 14.7. The maximum Gasteiger partial charge on any atom is 0.134 e. The van der Waals surface area contributed by atoms with Crippen LogP contribution in [0.25, 0.3) is 23.2 Å². The van der Waals surface area contributed by atoms with E-state index in [0.717, 1.165) is 31.1 Å². The standard InChI is InChI=1S/C21H25N3/c1-4-23(5-2)16-24-20-9-7-6-8-19(20)22-21(24)15-14-18-12-10-17(3)11-13-18/h6-15H,4-5,16H2,1-3H3/b15-14+. The van der Waals surface area contributed by atoms with Gasteiger partial charge in [-0.1, -0.05) is 61.9 Å². The summed E-state index contributed by atoms with van der Waals surface area (Å²) in [4.78, 5) is 7.22. The van der Waals surface area contributed by atoms with Crippen LogP contribution in [0.2, 0.25) is 0 Å². The third-order valence-corrected chi connectivity index (χ3v) is 4.42. The van der Waals surface area contributed by atoms with Crippen LogP contribution in [0, 0.1) is 6.92 Å². The van der Waals surface area contributed by atoms with E-state index in [-0.39, 0.29) is 0 Å². The highest BCUT2D eigenvalue weighted by Crippen LogP contribution is 2.19. The SMILES string of the molecule is CCN(CC)Cn1c(/C=C/c2ccc(C)cc2)nc2ccccc21. The number of aromatic nitrogens is 2. The van der Waals surface area contributed by atoms with Crippen LogP contribution in [0.1, 0.15) is 30.8 Å². The highest BCUT2D eigenvalue weighted by molar-refractivity contribution is 5.79. The molecule has 0 fully saturated rings. The number of hydrogen-bond acceptors (Lipinski definition) is 2. The lowest BCUT2D eigenvalue weighted by atomic mass is 10.1. The van der Waals surface area contributed by atoms with Crippen molar-refractivity contribution in [1.29, 1.82) is 0 Å². The molecule has 0 unspecified atom stereocenters. The minimum Gasteiger partial charge on any atom is -0.311 e. The van der Waals surface area contributed by atoms with Crippen molar-refractivity contribution in [1.82, 2.24) is 14.5 Å². The molecule has 1 heterocycles. The maximum atomic E-state index is 4.82. The monoisotopic (exact) mass is 319 g/mol. The Morgan fingerprint density at radius 1 is 0.958 bits per heavy atom. The van der Waals surface area contributed by atoms with Crippen LogP contribution in [-0.4, -0.2) is 27.5 Å². The summed E-state index contributed by atoms with van der Waals surface area (Å²) in [5.41, 5.74) is 4.71. The summed E-state index contributed by atoms with van der Waals surface area (Å²) in [7, 11) is 0. The van der Waals surface area contributed by atoms with E-state index in [0.29, 0.717) is 0 Å². The van der Waals surface area contributed by atoms with Gasteiger partial charge in [-0.2, -0.15) is 0 Å². The molecule has 0 aliphatic heterocycles. The lowest BCUT2D eigenvalue weighted by Crippen LogP contribution is -2.26.